The Balaban J connectivity index is 2.84. The lowest BCUT2D eigenvalue weighted by molar-refractivity contribution is 0.0697. The molecular formula is C19H24O2. The molecule has 2 aromatic carbocycles. The van der Waals surface area contributed by atoms with E-state index in [9.17, 15) is 9.90 Å². The Bertz CT molecular complexity index is 663. The molecule has 0 saturated heterocycles. The summed E-state index contributed by atoms with van der Waals surface area (Å²) >= 11 is 0. The van der Waals surface area contributed by atoms with Crippen molar-refractivity contribution in [3.8, 4) is 0 Å². The van der Waals surface area contributed by atoms with Crippen LogP contribution < -0.4 is 0 Å². The van der Waals surface area contributed by atoms with Crippen molar-refractivity contribution in [3.05, 3.63) is 47.0 Å². The lowest BCUT2D eigenvalue weighted by atomic mass is 9.79. The molecule has 0 unspecified atom stereocenters. The van der Waals surface area contributed by atoms with Gasteiger partial charge in [0.2, 0.25) is 0 Å². The summed E-state index contributed by atoms with van der Waals surface area (Å²) in [5.41, 5.74) is 2.60. The van der Waals surface area contributed by atoms with Gasteiger partial charge in [-0.05, 0) is 40.2 Å². The largest absolute Gasteiger partial charge is 0.478 e. The summed E-state index contributed by atoms with van der Waals surface area (Å²) in [7, 11) is 0. The summed E-state index contributed by atoms with van der Waals surface area (Å²) < 4.78 is 0. The Labute approximate surface area is 126 Å². The number of hydrogen-bond donors (Lipinski definition) is 1. The third kappa shape index (κ3) is 3.10. The fraction of sp³-hybridized carbons (Fsp3) is 0.421. The Morgan fingerprint density at radius 2 is 1.86 bits per heavy atom. The van der Waals surface area contributed by atoms with Gasteiger partial charge in [0.25, 0.3) is 0 Å². The molecule has 112 valence electrons. The zero-order valence-electron chi connectivity index (χ0n) is 13.4. The van der Waals surface area contributed by atoms with E-state index in [2.05, 4.69) is 33.8 Å². The number of fused-ring (bicyclic) bond motifs is 1. The lowest BCUT2D eigenvalue weighted by Crippen LogP contribution is -2.18. The number of carbonyl (C=O) groups is 1. The number of carboxylic acids is 1. The number of carboxylic acid groups (broad SMARTS) is 1. The van der Waals surface area contributed by atoms with Gasteiger partial charge in [-0.1, -0.05) is 64.4 Å². The molecule has 0 aliphatic rings. The smallest absolute Gasteiger partial charge is 0.336 e. The third-order valence-corrected chi connectivity index (χ3v) is 3.96. The Morgan fingerprint density at radius 1 is 1.19 bits per heavy atom. The normalized spacial score (nSPS) is 11.8. The summed E-state index contributed by atoms with van der Waals surface area (Å²) in [6, 6.07) is 9.97. The van der Waals surface area contributed by atoms with E-state index in [4.69, 9.17) is 0 Å². The van der Waals surface area contributed by atoms with Crippen LogP contribution in [-0.2, 0) is 11.8 Å². The molecule has 2 heteroatoms. The molecule has 2 aromatic rings. The molecule has 0 bridgehead atoms. The van der Waals surface area contributed by atoms with E-state index in [1.807, 2.05) is 24.3 Å². The van der Waals surface area contributed by atoms with Gasteiger partial charge in [0.15, 0.2) is 0 Å². The molecule has 1 N–H and O–H groups in total. The molecule has 0 spiro atoms. The number of hydrogen-bond acceptors (Lipinski definition) is 1. The second kappa shape index (κ2) is 5.88. The maximum atomic E-state index is 11.9. The van der Waals surface area contributed by atoms with Crippen LogP contribution in [0.3, 0.4) is 0 Å². The first-order chi connectivity index (χ1) is 9.86. The van der Waals surface area contributed by atoms with E-state index in [-0.39, 0.29) is 5.41 Å². The summed E-state index contributed by atoms with van der Waals surface area (Å²) in [5.74, 6) is -0.816. The Morgan fingerprint density at radius 3 is 2.43 bits per heavy atom. The molecule has 2 nitrogen and oxygen atoms in total. The van der Waals surface area contributed by atoms with Crippen molar-refractivity contribution in [1.82, 2.24) is 0 Å². The topological polar surface area (TPSA) is 37.3 Å². The molecule has 2 rings (SSSR count). The molecule has 0 aliphatic carbocycles. The van der Waals surface area contributed by atoms with Crippen LogP contribution in [0.4, 0.5) is 0 Å². The molecule has 0 saturated carbocycles. The molecule has 0 amide bonds. The first-order valence-electron chi connectivity index (χ1n) is 7.64. The van der Waals surface area contributed by atoms with Gasteiger partial charge in [-0.2, -0.15) is 0 Å². The van der Waals surface area contributed by atoms with Crippen LogP contribution >= 0.6 is 0 Å². The van der Waals surface area contributed by atoms with E-state index in [0.717, 1.165) is 41.2 Å². The van der Waals surface area contributed by atoms with Crippen molar-refractivity contribution >= 4 is 16.7 Å². The maximum Gasteiger partial charge on any atom is 0.336 e. The van der Waals surface area contributed by atoms with Crippen molar-refractivity contribution in [2.75, 3.05) is 0 Å². The first kappa shape index (κ1) is 15.6. The van der Waals surface area contributed by atoms with E-state index in [0.29, 0.717) is 5.56 Å². The van der Waals surface area contributed by atoms with Crippen LogP contribution in [0.25, 0.3) is 10.8 Å². The van der Waals surface area contributed by atoms with Gasteiger partial charge in [-0.15, -0.1) is 0 Å². The van der Waals surface area contributed by atoms with Gasteiger partial charge in [0.1, 0.15) is 0 Å². The highest BCUT2D eigenvalue weighted by Crippen LogP contribution is 2.34. The number of aromatic carboxylic acids is 1. The predicted molar refractivity (Wildman–Crippen MR) is 88.2 cm³/mol. The molecule has 0 fully saturated rings. The van der Waals surface area contributed by atoms with Gasteiger partial charge >= 0.3 is 5.97 Å². The highest BCUT2D eigenvalue weighted by atomic mass is 16.4. The molecule has 0 aliphatic heterocycles. The number of benzene rings is 2. The zero-order valence-corrected chi connectivity index (χ0v) is 13.4. The zero-order chi connectivity index (χ0) is 15.6. The van der Waals surface area contributed by atoms with Crippen LogP contribution in [-0.4, -0.2) is 11.1 Å². The van der Waals surface area contributed by atoms with E-state index in [1.165, 1.54) is 0 Å². The van der Waals surface area contributed by atoms with Gasteiger partial charge in [0.05, 0.1) is 5.56 Å². The monoisotopic (exact) mass is 284 g/mol. The highest BCUT2D eigenvalue weighted by molar-refractivity contribution is 6.05. The highest BCUT2D eigenvalue weighted by Gasteiger charge is 2.24. The van der Waals surface area contributed by atoms with Crippen LogP contribution in [0.15, 0.2) is 30.3 Å². The van der Waals surface area contributed by atoms with Gasteiger partial charge < -0.3 is 5.11 Å². The summed E-state index contributed by atoms with van der Waals surface area (Å²) in [4.78, 5) is 11.9. The summed E-state index contributed by atoms with van der Waals surface area (Å²) in [6.07, 6.45) is 2.91. The van der Waals surface area contributed by atoms with Crippen LogP contribution in [0.1, 0.15) is 62.0 Å². The molecule has 0 radical (unpaired) electrons. The fourth-order valence-corrected chi connectivity index (χ4v) is 2.92. The van der Waals surface area contributed by atoms with E-state index >= 15 is 0 Å². The average Bonchev–Trinajstić information content (AvgIpc) is 2.42. The van der Waals surface area contributed by atoms with Crippen LogP contribution in [0.2, 0.25) is 0 Å². The second-order valence-corrected chi connectivity index (χ2v) is 6.66. The van der Waals surface area contributed by atoms with Gasteiger partial charge in [0, 0.05) is 0 Å². The second-order valence-electron chi connectivity index (χ2n) is 6.66. The SMILES string of the molecule is CCCCc1c(C(C)(C)C)cc2ccccc2c1C(=O)O. The van der Waals surface area contributed by atoms with Crippen LogP contribution in [0, 0.1) is 0 Å². The molecule has 0 aromatic heterocycles. The van der Waals surface area contributed by atoms with Crippen molar-refractivity contribution in [2.45, 2.75) is 52.4 Å². The fourth-order valence-electron chi connectivity index (χ4n) is 2.92. The minimum atomic E-state index is -0.816. The number of unbranched alkanes of at least 4 members (excludes halogenated alkanes) is 1. The third-order valence-electron chi connectivity index (χ3n) is 3.96. The standard InChI is InChI=1S/C19H24O2/c1-5-6-10-15-16(19(2,3)4)12-13-9-7-8-11-14(13)17(15)18(20)21/h7-9,11-12H,5-6,10H2,1-4H3,(H,20,21). The van der Waals surface area contributed by atoms with Crippen molar-refractivity contribution in [2.24, 2.45) is 0 Å². The number of rotatable bonds is 4. The molecule has 0 heterocycles. The van der Waals surface area contributed by atoms with Gasteiger partial charge in [-0.3, -0.25) is 0 Å². The first-order valence-corrected chi connectivity index (χ1v) is 7.64. The molecule has 21 heavy (non-hydrogen) atoms. The average molecular weight is 284 g/mol. The quantitative estimate of drug-likeness (QED) is 0.840. The van der Waals surface area contributed by atoms with Gasteiger partial charge in [-0.25, -0.2) is 4.79 Å². The Hall–Kier alpha value is -1.83. The maximum absolute atomic E-state index is 11.9. The van der Waals surface area contributed by atoms with Crippen molar-refractivity contribution < 1.29 is 9.90 Å². The molecular weight excluding hydrogens is 260 g/mol. The van der Waals surface area contributed by atoms with Crippen LogP contribution in [0.5, 0.6) is 0 Å². The van der Waals surface area contributed by atoms with Crippen molar-refractivity contribution in [3.63, 3.8) is 0 Å². The minimum Gasteiger partial charge on any atom is -0.478 e. The minimum absolute atomic E-state index is 0.0582. The Kier molecular flexibility index (Phi) is 4.36. The molecule has 0 atom stereocenters. The van der Waals surface area contributed by atoms with Crippen molar-refractivity contribution in [1.29, 1.82) is 0 Å². The predicted octanol–water partition coefficient (Wildman–Crippen LogP) is 5.18. The van der Waals surface area contributed by atoms with E-state index < -0.39 is 5.97 Å². The summed E-state index contributed by atoms with van der Waals surface area (Å²) in [5, 5.41) is 11.6. The van der Waals surface area contributed by atoms with E-state index in [1.54, 1.807) is 0 Å². The lowest BCUT2D eigenvalue weighted by Gasteiger charge is -2.25. The summed E-state index contributed by atoms with van der Waals surface area (Å²) in [6.45, 7) is 8.59.